The van der Waals surface area contributed by atoms with Gasteiger partial charge in [-0.1, -0.05) is 0 Å². The Morgan fingerprint density at radius 2 is 1.95 bits per heavy atom. The lowest BCUT2D eigenvalue weighted by Crippen LogP contribution is -2.69. The van der Waals surface area contributed by atoms with E-state index >= 15 is 0 Å². The van der Waals surface area contributed by atoms with E-state index in [4.69, 9.17) is 4.74 Å². The summed E-state index contributed by atoms with van der Waals surface area (Å²) in [5.41, 5.74) is -1.72. The maximum absolute atomic E-state index is 12.7. The Labute approximate surface area is 110 Å². The van der Waals surface area contributed by atoms with Crippen LogP contribution in [0.2, 0.25) is 0 Å². The van der Waals surface area contributed by atoms with Crippen LogP contribution in [0.4, 0.5) is 13.2 Å². The van der Waals surface area contributed by atoms with Crippen LogP contribution in [0.3, 0.4) is 0 Å². The molecule has 3 fully saturated rings. The fourth-order valence-electron chi connectivity index (χ4n) is 3.05. The highest BCUT2D eigenvalue weighted by atomic mass is 19.4. The van der Waals surface area contributed by atoms with Crippen molar-refractivity contribution in [1.29, 1.82) is 0 Å². The molecule has 3 nitrogen and oxygen atoms in total. The first kappa shape index (κ1) is 14.1. The van der Waals surface area contributed by atoms with Gasteiger partial charge in [-0.25, -0.2) is 4.99 Å². The van der Waals surface area contributed by atoms with Gasteiger partial charge in [0.2, 0.25) is 5.88 Å². The topological polar surface area (TPSA) is 34.0 Å². The van der Waals surface area contributed by atoms with Gasteiger partial charge >= 0.3 is 6.18 Å². The van der Waals surface area contributed by atoms with Gasteiger partial charge in [0, 0.05) is 5.41 Å². The first-order chi connectivity index (χ1) is 8.76. The lowest BCUT2D eigenvalue weighted by molar-refractivity contribution is -0.369. The van der Waals surface area contributed by atoms with Crippen molar-refractivity contribution in [3.8, 4) is 0 Å². The molecule has 3 aliphatic carbocycles. The van der Waals surface area contributed by atoms with E-state index in [9.17, 15) is 13.2 Å². The number of hydrogen-bond acceptors (Lipinski definition) is 2. The molecule has 0 amide bonds. The highest BCUT2D eigenvalue weighted by Gasteiger charge is 2.78. The molecule has 0 N–H and O–H groups in total. The molecule has 3 rings (SSSR count). The standard InChI is InChI=1S/C13H17F3N2O/c1-4-10(18-9(2)17-3)19-8-11-5-12(6-11,7-11)13(14,15)16/h4H,3,5-8H2,1-2H3/b10-4+,18-9-. The minimum atomic E-state index is -4.07. The minimum Gasteiger partial charge on any atom is -0.477 e. The van der Waals surface area contributed by atoms with Crippen molar-refractivity contribution in [3.05, 3.63) is 12.0 Å². The molecule has 106 valence electrons. The number of allylic oxidation sites excluding steroid dienone is 1. The highest BCUT2D eigenvalue weighted by Crippen LogP contribution is 2.78. The quantitative estimate of drug-likeness (QED) is 0.437. The number of alkyl halides is 3. The molecule has 3 saturated carbocycles. The number of amidine groups is 1. The Morgan fingerprint density at radius 1 is 1.37 bits per heavy atom. The van der Waals surface area contributed by atoms with Crippen molar-refractivity contribution in [3.63, 3.8) is 0 Å². The van der Waals surface area contributed by atoms with Crippen LogP contribution in [-0.4, -0.2) is 25.3 Å². The average Bonchev–Trinajstić information content (AvgIpc) is 2.21. The molecule has 6 heteroatoms. The van der Waals surface area contributed by atoms with Crippen LogP contribution in [-0.2, 0) is 4.74 Å². The summed E-state index contributed by atoms with van der Waals surface area (Å²) in [6, 6.07) is 0. The normalized spacial score (nSPS) is 34.4. The molecule has 0 heterocycles. The third-order valence-electron chi connectivity index (χ3n) is 4.02. The van der Waals surface area contributed by atoms with Gasteiger partial charge in [0.1, 0.15) is 5.84 Å². The Hall–Kier alpha value is -1.33. The molecule has 0 aliphatic heterocycles. The van der Waals surface area contributed by atoms with Crippen LogP contribution in [0, 0.1) is 10.8 Å². The molecule has 3 aliphatic rings. The van der Waals surface area contributed by atoms with Crippen LogP contribution in [0.5, 0.6) is 0 Å². The van der Waals surface area contributed by atoms with Crippen LogP contribution in [0.25, 0.3) is 0 Å². The molecule has 0 spiro atoms. The third kappa shape index (κ3) is 2.28. The molecule has 0 unspecified atom stereocenters. The molecule has 0 aromatic carbocycles. The molecular formula is C13H17F3N2O. The summed E-state index contributed by atoms with van der Waals surface area (Å²) in [6.45, 7) is 7.07. The molecule has 0 aromatic heterocycles. The second-order valence-electron chi connectivity index (χ2n) is 5.54. The van der Waals surface area contributed by atoms with Gasteiger partial charge in [0.05, 0.1) is 12.0 Å². The van der Waals surface area contributed by atoms with Crippen molar-refractivity contribution in [2.75, 3.05) is 6.61 Å². The molecule has 0 atom stereocenters. The monoisotopic (exact) mass is 274 g/mol. The Kier molecular flexibility index (Phi) is 3.23. The van der Waals surface area contributed by atoms with E-state index in [-0.39, 0.29) is 24.7 Å². The summed E-state index contributed by atoms with van der Waals surface area (Å²) in [5, 5.41) is 0. The second-order valence-corrected chi connectivity index (χ2v) is 5.54. The van der Waals surface area contributed by atoms with Gasteiger partial charge in [-0.15, -0.1) is 0 Å². The zero-order valence-corrected chi connectivity index (χ0v) is 11.0. The van der Waals surface area contributed by atoms with E-state index < -0.39 is 11.6 Å². The molecular weight excluding hydrogens is 257 g/mol. The van der Waals surface area contributed by atoms with Gasteiger partial charge in [0.25, 0.3) is 0 Å². The van der Waals surface area contributed by atoms with E-state index in [1.807, 2.05) is 0 Å². The summed E-state index contributed by atoms with van der Waals surface area (Å²) >= 11 is 0. The summed E-state index contributed by atoms with van der Waals surface area (Å²) in [5.74, 6) is 0.855. The number of aliphatic imine (C=N–C) groups is 2. The van der Waals surface area contributed by atoms with Crippen molar-refractivity contribution in [2.24, 2.45) is 20.8 Å². The van der Waals surface area contributed by atoms with Gasteiger partial charge < -0.3 is 4.74 Å². The lowest BCUT2D eigenvalue weighted by atomic mass is 9.35. The Morgan fingerprint density at radius 3 is 2.37 bits per heavy atom. The predicted molar refractivity (Wildman–Crippen MR) is 67.1 cm³/mol. The van der Waals surface area contributed by atoms with E-state index in [1.54, 1.807) is 19.9 Å². The molecule has 2 bridgehead atoms. The van der Waals surface area contributed by atoms with Crippen LogP contribution in [0.15, 0.2) is 21.9 Å². The molecule has 19 heavy (non-hydrogen) atoms. The Balaban J connectivity index is 1.85. The van der Waals surface area contributed by atoms with Crippen molar-refractivity contribution in [2.45, 2.75) is 39.3 Å². The molecule has 0 saturated heterocycles. The summed E-state index contributed by atoms with van der Waals surface area (Å²) < 4.78 is 43.5. The SMILES string of the molecule is C=N/C(C)=N\C(=C/C)OCC12CC(C(F)(F)F)(C1)C2. The second kappa shape index (κ2) is 4.35. The molecule has 0 radical (unpaired) electrons. The minimum absolute atomic E-state index is 0.183. The van der Waals surface area contributed by atoms with E-state index in [0.717, 1.165) is 0 Å². The van der Waals surface area contributed by atoms with Gasteiger partial charge in [-0.2, -0.15) is 18.2 Å². The highest BCUT2D eigenvalue weighted by molar-refractivity contribution is 5.84. The summed E-state index contributed by atoms with van der Waals surface area (Å²) in [4.78, 5) is 7.70. The zero-order valence-electron chi connectivity index (χ0n) is 11.0. The van der Waals surface area contributed by atoms with Gasteiger partial charge in [-0.05, 0) is 45.9 Å². The predicted octanol–water partition coefficient (Wildman–Crippen LogP) is 3.72. The first-order valence-corrected chi connectivity index (χ1v) is 6.14. The van der Waals surface area contributed by atoms with Crippen molar-refractivity contribution >= 4 is 12.6 Å². The van der Waals surface area contributed by atoms with Crippen molar-refractivity contribution in [1.82, 2.24) is 0 Å². The zero-order chi connectivity index (χ0) is 14.3. The maximum Gasteiger partial charge on any atom is 0.394 e. The van der Waals surface area contributed by atoms with E-state index in [1.165, 1.54) is 0 Å². The smallest absolute Gasteiger partial charge is 0.394 e. The van der Waals surface area contributed by atoms with Crippen molar-refractivity contribution < 1.29 is 17.9 Å². The average molecular weight is 274 g/mol. The third-order valence-corrected chi connectivity index (χ3v) is 4.02. The maximum atomic E-state index is 12.7. The van der Waals surface area contributed by atoms with Crippen LogP contribution >= 0.6 is 0 Å². The lowest BCUT2D eigenvalue weighted by Gasteiger charge is -2.70. The van der Waals surface area contributed by atoms with Crippen LogP contribution < -0.4 is 0 Å². The number of hydrogen-bond donors (Lipinski definition) is 0. The number of halogens is 3. The van der Waals surface area contributed by atoms with Gasteiger partial charge in [-0.3, -0.25) is 0 Å². The number of nitrogens with zero attached hydrogens (tertiary/aromatic N) is 2. The van der Waals surface area contributed by atoms with E-state index in [0.29, 0.717) is 18.3 Å². The first-order valence-electron chi connectivity index (χ1n) is 6.14. The number of rotatable bonds is 4. The van der Waals surface area contributed by atoms with E-state index in [2.05, 4.69) is 16.7 Å². The van der Waals surface area contributed by atoms with Gasteiger partial charge in [0.15, 0.2) is 0 Å². The van der Waals surface area contributed by atoms with Crippen LogP contribution in [0.1, 0.15) is 33.1 Å². The Bertz CT molecular complexity index is 432. The fourth-order valence-corrected chi connectivity index (χ4v) is 3.05. The molecule has 0 aromatic rings. The fraction of sp³-hybridized carbons (Fsp3) is 0.692. The number of ether oxygens (including phenoxy) is 1. The summed E-state index contributed by atoms with van der Waals surface area (Å²) in [6.07, 6.45) is -1.85. The largest absolute Gasteiger partial charge is 0.477 e. The summed E-state index contributed by atoms with van der Waals surface area (Å²) in [7, 11) is 0.